The lowest BCUT2D eigenvalue weighted by Gasteiger charge is -2.13. The van der Waals surface area contributed by atoms with Crippen molar-refractivity contribution in [3.05, 3.63) is 35.4 Å². The molecule has 0 amide bonds. The van der Waals surface area contributed by atoms with Crippen molar-refractivity contribution in [2.45, 2.75) is 10.4 Å². The van der Waals surface area contributed by atoms with Crippen molar-refractivity contribution in [3.63, 3.8) is 0 Å². The summed E-state index contributed by atoms with van der Waals surface area (Å²) in [6.07, 6.45) is 0. The van der Waals surface area contributed by atoms with Crippen LogP contribution in [0.4, 0.5) is 8.78 Å². The van der Waals surface area contributed by atoms with E-state index in [9.17, 15) is 8.78 Å². The second kappa shape index (κ2) is 5.17. The monoisotopic (exact) mass is 287 g/mol. The Labute approximate surface area is 106 Å². The predicted octanol–water partition coefficient (Wildman–Crippen LogP) is 3.83. The summed E-state index contributed by atoms with van der Waals surface area (Å²) in [6, 6.07) is 2.85. The molecule has 1 aromatic carbocycles. The van der Waals surface area contributed by atoms with Gasteiger partial charge in [0.05, 0.1) is 0 Å². The Balaban J connectivity index is 2.65. The minimum atomic E-state index is -1.98. The first-order chi connectivity index (χ1) is 7.29. The lowest BCUT2D eigenvalue weighted by Crippen LogP contribution is -2.20. The number of halogens is 5. The SMILES string of the molecule is N=C(OCc1cc(F)cc(F)c1)C(Cl)(Cl)Cl. The zero-order valence-corrected chi connectivity index (χ0v) is 10.0. The van der Waals surface area contributed by atoms with E-state index in [0.717, 1.165) is 18.2 Å². The molecule has 0 saturated heterocycles. The van der Waals surface area contributed by atoms with Crippen LogP contribution in [0.2, 0.25) is 0 Å². The topological polar surface area (TPSA) is 33.1 Å². The van der Waals surface area contributed by atoms with Gasteiger partial charge in [-0.2, -0.15) is 0 Å². The van der Waals surface area contributed by atoms with Crippen LogP contribution in [0, 0.1) is 17.0 Å². The average molecular weight is 289 g/mol. The van der Waals surface area contributed by atoms with Gasteiger partial charge in [-0.3, -0.25) is 5.41 Å². The maximum absolute atomic E-state index is 12.8. The van der Waals surface area contributed by atoms with Gasteiger partial charge in [0.1, 0.15) is 18.2 Å². The van der Waals surface area contributed by atoms with Gasteiger partial charge in [-0.25, -0.2) is 8.78 Å². The highest BCUT2D eigenvalue weighted by atomic mass is 35.6. The predicted molar refractivity (Wildman–Crippen MR) is 59.2 cm³/mol. The first-order valence-electron chi connectivity index (χ1n) is 4.02. The zero-order valence-electron chi connectivity index (χ0n) is 7.74. The second-order valence-electron chi connectivity index (χ2n) is 2.89. The third-order valence-corrected chi connectivity index (χ3v) is 2.08. The van der Waals surface area contributed by atoms with Crippen molar-refractivity contribution in [1.82, 2.24) is 0 Å². The molecule has 1 aromatic rings. The van der Waals surface area contributed by atoms with Gasteiger partial charge >= 0.3 is 0 Å². The number of benzene rings is 1. The van der Waals surface area contributed by atoms with Crippen molar-refractivity contribution < 1.29 is 13.5 Å². The molecular weight excluding hydrogens is 282 g/mol. The Bertz CT molecular complexity index is 386. The smallest absolute Gasteiger partial charge is 0.265 e. The van der Waals surface area contributed by atoms with Gasteiger partial charge in [0.2, 0.25) is 5.90 Å². The third-order valence-electron chi connectivity index (χ3n) is 1.56. The Morgan fingerprint density at radius 3 is 2.12 bits per heavy atom. The molecule has 0 radical (unpaired) electrons. The van der Waals surface area contributed by atoms with E-state index >= 15 is 0 Å². The fourth-order valence-electron chi connectivity index (χ4n) is 0.932. The van der Waals surface area contributed by atoms with Crippen LogP contribution in [0.15, 0.2) is 18.2 Å². The Morgan fingerprint density at radius 2 is 1.69 bits per heavy atom. The standard InChI is InChI=1S/C9H6Cl3F2NO/c10-9(11,12)8(15)16-4-5-1-6(13)3-7(14)2-5/h1-3,15H,4H2. The minimum Gasteiger partial charge on any atom is -0.473 e. The van der Waals surface area contributed by atoms with Crippen molar-refractivity contribution >= 4 is 40.7 Å². The molecule has 0 spiro atoms. The van der Waals surface area contributed by atoms with Crippen LogP contribution in [0.25, 0.3) is 0 Å². The highest BCUT2D eigenvalue weighted by molar-refractivity contribution is 6.75. The molecule has 16 heavy (non-hydrogen) atoms. The van der Waals surface area contributed by atoms with Crippen molar-refractivity contribution in [3.8, 4) is 0 Å². The molecule has 0 aliphatic heterocycles. The molecule has 1 N–H and O–H groups in total. The van der Waals surface area contributed by atoms with Crippen LogP contribution in [0.1, 0.15) is 5.56 Å². The van der Waals surface area contributed by atoms with E-state index in [2.05, 4.69) is 0 Å². The normalized spacial score (nSPS) is 11.3. The molecule has 0 bridgehead atoms. The largest absolute Gasteiger partial charge is 0.473 e. The van der Waals surface area contributed by atoms with Gasteiger partial charge in [-0.05, 0) is 17.7 Å². The summed E-state index contributed by atoms with van der Waals surface area (Å²) in [4.78, 5) is 0. The molecule has 0 fully saturated rings. The first-order valence-corrected chi connectivity index (χ1v) is 5.16. The highest BCUT2D eigenvalue weighted by Gasteiger charge is 2.28. The number of alkyl halides is 3. The van der Waals surface area contributed by atoms with Crippen LogP contribution in [-0.2, 0) is 11.3 Å². The average Bonchev–Trinajstić information content (AvgIpc) is 2.11. The van der Waals surface area contributed by atoms with E-state index in [1.165, 1.54) is 0 Å². The molecule has 2 nitrogen and oxygen atoms in total. The summed E-state index contributed by atoms with van der Waals surface area (Å²) in [7, 11) is 0. The summed E-state index contributed by atoms with van der Waals surface area (Å²) in [5.41, 5.74) is 0.205. The van der Waals surface area contributed by atoms with Crippen LogP contribution in [0.5, 0.6) is 0 Å². The van der Waals surface area contributed by atoms with E-state index in [4.69, 9.17) is 44.9 Å². The number of hydrogen-bond donors (Lipinski definition) is 1. The van der Waals surface area contributed by atoms with E-state index in [1.807, 2.05) is 0 Å². The van der Waals surface area contributed by atoms with E-state index in [0.29, 0.717) is 0 Å². The first kappa shape index (κ1) is 13.5. The number of hydrogen-bond acceptors (Lipinski definition) is 2. The molecule has 0 aliphatic rings. The van der Waals surface area contributed by atoms with Gasteiger partial charge < -0.3 is 4.74 Å². The lowest BCUT2D eigenvalue weighted by atomic mass is 10.2. The van der Waals surface area contributed by atoms with E-state index in [-0.39, 0.29) is 12.2 Å². The summed E-state index contributed by atoms with van der Waals surface area (Å²) in [5, 5.41) is 7.19. The quantitative estimate of drug-likeness (QED) is 0.501. The van der Waals surface area contributed by atoms with Gasteiger partial charge in [-0.15, -0.1) is 0 Å². The fraction of sp³-hybridized carbons (Fsp3) is 0.222. The maximum Gasteiger partial charge on any atom is 0.265 e. The van der Waals surface area contributed by atoms with E-state index in [1.54, 1.807) is 0 Å². The van der Waals surface area contributed by atoms with E-state index < -0.39 is 21.3 Å². The number of rotatable bonds is 2. The zero-order chi connectivity index (χ0) is 12.3. The van der Waals surface area contributed by atoms with Crippen LogP contribution in [0.3, 0.4) is 0 Å². The molecule has 7 heteroatoms. The molecule has 0 aromatic heterocycles. The molecular formula is C9H6Cl3F2NO. The van der Waals surface area contributed by atoms with Gasteiger partial charge in [-0.1, -0.05) is 34.8 Å². The van der Waals surface area contributed by atoms with Gasteiger partial charge in [0.25, 0.3) is 3.79 Å². The molecule has 88 valence electrons. The number of ether oxygens (including phenoxy) is 1. The summed E-state index contributed by atoms with van der Waals surface area (Å²) < 4.78 is 28.3. The summed E-state index contributed by atoms with van der Waals surface area (Å²) >= 11 is 16.0. The Morgan fingerprint density at radius 1 is 1.19 bits per heavy atom. The van der Waals surface area contributed by atoms with Crippen LogP contribution >= 0.6 is 34.8 Å². The molecule has 0 heterocycles. The van der Waals surface area contributed by atoms with Crippen LogP contribution < -0.4 is 0 Å². The second-order valence-corrected chi connectivity index (χ2v) is 5.17. The highest BCUT2D eigenvalue weighted by Crippen LogP contribution is 2.28. The maximum atomic E-state index is 12.8. The lowest BCUT2D eigenvalue weighted by molar-refractivity contribution is 0.282. The molecule has 0 atom stereocenters. The number of nitrogens with one attached hydrogen (secondary N) is 1. The molecule has 0 unspecified atom stereocenters. The third kappa shape index (κ3) is 4.12. The molecule has 0 saturated carbocycles. The van der Waals surface area contributed by atoms with Crippen LogP contribution in [-0.4, -0.2) is 9.69 Å². The molecule has 0 aliphatic carbocycles. The summed E-state index contributed by atoms with van der Waals surface area (Å²) in [6.45, 7) is -0.249. The van der Waals surface area contributed by atoms with Crippen molar-refractivity contribution in [1.29, 1.82) is 5.41 Å². The van der Waals surface area contributed by atoms with Crippen molar-refractivity contribution in [2.75, 3.05) is 0 Å². The Hall–Kier alpha value is -0.580. The minimum absolute atomic E-state index is 0.205. The van der Waals surface area contributed by atoms with Gasteiger partial charge in [0.15, 0.2) is 0 Å². The Kier molecular flexibility index (Phi) is 4.35. The van der Waals surface area contributed by atoms with Gasteiger partial charge in [0, 0.05) is 6.07 Å². The summed E-state index contributed by atoms with van der Waals surface area (Å²) in [5.74, 6) is -2.08. The molecule has 1 rings (SSSR count). The fourth-order valence-corrected chi connectivity index (χ4v) is 1.10. The van der Waals surface area contributed by atoms with Crippen molar-refractivity contribution in [2.24, 2.45) is 0 Å².